The standard InChI is InChI=1S/C10H8ClN5O2/c11-6-3-5(4-7(12)13-6)10(18)14-8-1-2-9(17)16-15-8/h1-4H,(H2,12,13)(H,16,17)(H,14,15,18). The lowest BCUT2D eigenvalue weighted by Gasteiger charge is -2.04. The molecule has 2 aromatic rings. The Morgan fingerprint density at radius 3 is 2.78 bits per heavy atom. The van der Waals surface area contributed by atoms with E-state index >= 15 is 0 Å². The number of hydrogen-bond acceptors (Lipinski definition) is 5. The first-order valence-corrected chi connectivity index (χ1v) is 5.22. The van der Waals surface area contributed by atoms with Gasteiger partial charge in [-0.1, -0.05) is 11.6 Å². The molecule has 0 radical (unpaired) electrons. The normalized spacial score (nSPS) is 10.1. The van der Waals surface area contributed by atoms with Gasteiger partial charge in [-0.2, -0.15) is 5.10 Å². The molecular formula is C10H8ClN5O2. The summed E-state index contributed by atoms with van der Waals surface area (Å²) in [5.74, 6) is -0.0984. The van der Waals surface area contributed by atoms with E-state index in [4.69, 9.17) is 17.3 Å². The van der Waals surface area contributed by atoms with Crippen molar-refractivity contribution in [3.63, 3.8) is 0 Å². The van der Waals surface area contributed by atoms with Crippen molar-refractivity contribution in [2.75, 3.05) is 11.1 Å². The van der Waals surface area contributed by atoms with E-state index in [2.05, 4.69) is 20.5 Å². The molecule has 0 fully saturated rings. The van der Waals surface area contributed by atoms with Crippen molar-refractivity contribution in [2.45, 2.75) is 0 Å². The maximum atomic E-state index is 11.8. The molecule has 0 spiro atoms. The van der Waals surface area contributed by atoms with Crippen molar-refractivity contribution in [1.29, 1.82) is 0 Å². The van der Waals surface area contributed by atoms with E-state index < -0.39 is 5.91 Å². The average molecular weight is 266 g/mol. The van der Waals surface area contributed by atoms with Crippen LogP contribution in [0, 0.1) is 0 Å². The van der Waals surface area contributed by atoms with Gasteiger partial charge in [0.15, 0.2) is 5.82 Å². The number of nitrogens with one attached hydrogen (secondary N) is 2. The van der Waals surface area contributed by atoms with E-state index in [0.29, 0.717) is 0 Å². The molecule has 2 aromatic heterocycles. The molecule has 8 heteroatoms. The van der Waals surface area contributed by atoms with E-state index in [1.807, 2.05) is 0 Å². The fraction of sp³-hybridized carbons (Fsp3) is 0. The second kappa shape index (κ2) is 4.84. The number of H-pyrrole nitrogens is 1. The minimum Gasteiger partial charge on any atom is -0.384 e. The number of nitrogen functional groups attached to an aromatic ring is 1. The van der Waals surface area contributed by atoms with E-state index in [-0.39, 0.29) is 27.9 Å². The lowest BCUT2D eigenvalue weighted by atomic mass is 10.2. The number of amides is 1. The zero-order valence-electron chi connectivity index (χ0n) is 8.98. The van der Waals surface area contributed by atoms with Crippen LogP contribution in [0.15, 0.2) is 29.1 Å². The van der Waals surface area contributed by atoms with Gasteiger partial charge in [0, 0.05) is 11.6 Å². The summed E-state index contributed by atoms with van der Waals surface area (Å²) in [5.41, 5.74) is 5.37. The zero-order chi connectivity index (χ0) is 13.1. The zero-order valence-corrected chi connectivity index (χ0v) is 9.73. The van der Waals surface area contributed by atoms with Crippen molar-refractivity contribution < 1.29 is 4.79 Å². The van der Waals surface area contributed by atoms with E-state index in [9.17, 15) is 9.59 Å². The Morgan fingerprint density at radius 1 is 1.39 bits per heavy atom. The van der Waals surface area contributed by atoms with Crippen LogP contribution in [-0.2, 0) is 0 Å². The van der Waals surface area contributed by atoms with Crippen LogP contribution in [-0.4, -0.2) is 21.1 Å². The lowest BCUT2D eigenvalue weighted by molar-refractivity contribution is 0.102. The first kappa shape index (κ1) is 12.1. The smallest absolute Gasteiger partial charge is 0.264 e. The number of hydrogen-bond donors (Lipinski definition) is 3. The number of carbonyl (C=O) groups is 1. The van der Waals surface area contributed by atoms with Crippen molar-refractivity contribution >= 4 is 29.1 Å². The van der Waals surface area contributed by atoms with Gasteiger partial charge in [-0.25, -0.2) is 10.1 Å². The highest BCUT2D eigenvalue weighted by atomic mass is 35.5. The van der Waals surface area contributed by atoms with E-state index in [0.717, 1.165) is 0 Å². The molecular weight excluding hydrogens is 258 g/mol. The predicted octanol–water partition coefficient (Wildman–Crippen LogP) is 0.653. The maximum Gasteiger partial charge on any atom is 0.264 e. The molecule has 2 heterocycles. The highest BCUT2D eigenvalue weighted by Crippen LogP contribution is 2.13. The predicted molar refractivity (Wildman–Crippen MR) is 66.5 cm³/mol. The van der Waals surface area contributed by atoms with Crippen LogP contribution in [0.2, 0.25) is 5.15 Å². The molecule has 7 nitrogen and oxygen atoms in total. The molecule has 0 atom stereocenters. The van der Waals surface area contributed by atoms with Crippen LogP contribution in [0.4, 0.5) is 11.6 Å². The Kier molecular flexibility index (Phi) is 3.24. The van der Waals surface area contributed by atoms with Gasteiger partial charge >= 0.3 is 0 Å². The number of aromatic amines is 1. The van der Waals surface area contributed by atoms with E-state index in [1.165, 1.54) is 24.3 Å². The number of carbonyl (C=O) groups excluding carboxylic acids is 1. The number of halogens is 1. The third-order valence-corrected chi connectivity index (χ3v) is 2.19. The Hall–Kier alpha value is -2.41. The molecule has 0 saturated carbocycles. The summed E-state index contributed by atoms with van der Waals surface area (Å²) in [4.78, 5) is 26.3. The second-order valence-electron chi connectivity index (χ2n) is 3.36. The highest BCUT2D eigenvalue weighted by molar-refractivity contribution is 6.30. The minimum absolute atomic E-state index is 0.120. The van der Waals surface area contributed by atoms with Gasteiger partial charge in [0.2, 0.25) is 0 Å². The number of pyridine rings is 1. The molecule has 0 saturated heterocycles. The summed E-state index contributed by atoms with van der Waals surface area (Å²) >= 11 is 5.68. The SMILES string of the molecule is Nc1cc(C(=O)Nc2ccc(=O)[nH]n2)cc(Cl)n1. The molecule has 0 aromatic carbocycles. The molecule has 0 aliphatic carbocycles. The summed E-state index contributed by atoms with van der Waals surface area (Å²) in [5, 5.41) is 8.43. The van der Waals surface area contributed by atoms with Crippen molar-refractivity contribution in [2.24, 2.45) is 0 Å². The molecule has 0 unspecified atom stereocenters. The minimum atomic E-state index is -0.453. The van der Waals surface area contributed by atoms with Crippen molar-refractivity contribution in [3.05, 3.63) is 45.3 Å². The highest BCUT2D eigenvalue weighted by Gasteiger charge is 2.09. The summed E-state index contributed by atoms with van der Waals surface area (Å²) in [7, 11) is 0. The molecule has 0 aliphatic heterocycles. The van der Waals surface area contributed by atoms with Crippen LogP contribution in [0.5, 0.6) is 0 Å². The van der Waals surface area contributed by atoms with Crippen LogP contribution in [0.25, 0.3) is 0 Å². The van der Waals surface area contributed by atoms with E-state index in [1.54, 1.807) is 0 Å². The molecule has 1 amide bonds. The fourth-order valence-electron chi connectivity index (χ4n) is 1.25. The first-order chi connectivity index (χ1) is 8.54. The molecule has 0 aliphatic rings. The van der Waals surface area contributed by atoms with Gasteiger partial charge in [0.25, 0.3) is 11.5 Å². The Labute approximate surface area is 106 Å². The number of aromatic nitrogens is 3. The molecule has 92 valence electrons. The van der Waals surface area contributed by atoms with Crippen LogP contribution in [0.1, 0.15) is 10.4 Å². The van der Waals surface area contributed by atoms with Crippen LogP contribution in [0.3, 0.4) is 0 Å². The van der Waals surface area contributed by atoms with Gasteiger partial charge in [0.1, 0.15) is 11.0 Å². The monoisotopic (exact) mass is 265 g/mol. The molecule has 0 bridgehead atoms. The topological polar surface area (TPSA) is 114 Å². The second-order valence-corrected chi connectivity index (χ2v) is 3.75. The van der Waals surface area contributed by atoms with Gasteiger partial charge < -0.3 is 11.1 Å². The van der Waals surface area contributed by atoms with Gasteiger partial charge in [-0.05, 0) is 18.2 Å². The number of anilines is 2. The van der Waals surface area contributed by atoms with Gasteiger partial charge in [-0.15, -0.1) is 0 Å². The summed E-state index contributed by atoms with van der Waals surface area (Å²) in [6, 6.07) is 5.38. The summed E-state index contributed by atoms with van der Waals surface area (Å²) in [6.07, 6.45) is 0. The van der Waals surface area contributed by atoms with Gasteiger partial charge in [-0.3, -0.25) is 9.59 Å². The number of nitrogens with two attached hydrogens (primary N) is 1. The summed E-state index contributed by atoms with van der Waals surface area (Å²) in [6.45, 7) is 0. The molecule has 4 N–H and O–H groups in total. The molecule has 18 heavy (non-hydrogen) atoms. The van der Waals surface area contributed by atoms with Crippen molar-refractivity contribution in [1.82, 2.24) is 15.2 Å². The van der Waals surface area contributed by atoms with Crippen molar-refractivity contribution in [3.8, 4) is 0 Å². The third-order valence-electron chi connectivity index (χ3n) is 2.00. The summed E-state index contributed by atoms with van der Waals surface area (Å²) < 4.78 is 0. The Balaban J connectivity index is 2.21. The van der Waals surface area contributed by atoms with Crippen LogP contribution < -0.4 is 16.6 Å². The number of rotatable bonds is 2. The Morgan fingerprint density at radius 2 is 2.17 bits per heavy atom. The molecule has 2 rings (SSSR count). The average Bonchev–Trinajstić information content (AvgIpc) is 2.31. The van der Waals surface area contributed by atoms with Gasteiger partial charge in [0.05, 0.1) is 0 Å². The number of nitrogens with zero attached hydrogens (tertiary/aromatic N) is 2. The fourth-order valence-corrected chi connectivity index (χ4v) is 1.47. The first-order valence-electron chi connectivity index (χ1n) is 4.85. The largest absolute Gasteiger partial charge is 0.384 e. The third kappa shape index (κ3) is 2.83. The maximum absolute atomic E-state index is 11.8. The quantitative estimate of drug-likeness (QED) is 0.690. The van der Waals surface area contributed by atoms with Crippen LogP contribution >= 0.6 is 11.6 Å². The lowest BCUT2D eigenvalue weighted by Crippen LogP contribution is -2.16. The Bertz CT molecular complexity index is 614.